The smallest absolute Gasteiger partial charge is 0.105 e. The van der Waals surface area contributed by atoms with Gasteiger partial charge in [0.1, 0.15) is 6.10 Å². The van der Waals surface area contributed by atoms with E-state index in [2.05, 4.69) is 15.9 Å². The second-order valence-corrected chi connectivity index (χ2v) is 5.80. The maximum atomic E-state index is 10.6. The first kappa shape index (κ1) is 12.9. The van der Waals surface area contributed by atoms with Gasteiger partial charge >= 0.3 is 0 Å². The lowest BCUT2D eigenvalue weighted by atomic mass is 9.97. The molecule has 0 saturated carbocycles. The van der Waals surface area contributed by atoms with Crippen molar-refractivity contribution in [2.45, 2.75) is 26.2 Å². The van der Waals surface area contributed by atoms with Crippen LogP contribution in [0.25, 0.3) is 0 Å². The molecular weight excluding hydrogens is 304 g/mol. The Labute approximate surface area is 121 Å². The molecule has 1 N–H and O–H groups in total. The molecule has 0 amide bonds. The van der Waals surface area contributed by atoms with E-state index in [-0.39, 0.29) is 0 Å². The largest absolute Gasteiger partial charge is 0.384 e. The molecule has 0 aromatic heterocycles. The van der Waals surface area contributed by atoms with Gasteiger partial charge in [0.2, 0.25) is 0 Å². The number of fused-ring (bicyclic) bond motifs is 1. The second kappa shape index (κ2) is 5.08. The highest BCUT2D eigenvalue weighted by Crippen LogP contribution is 2.31. The zero-order valence-corrected chi connectivity index (χ0v) is 12.3. The summed E-state index contributed by atoms with van der Waals surface area (Å²) < 4.78 is 6.34. The predicted molar refractivity (Wildman–Crippen MR) is 77.9 cm³/mol. The van der Waals surface area contributed by atoms with Crippen molar-refractivity contribution >= 4 is 15.9 Å². The minimum absolute atomic E-state index is 0.611. The summed E-state index contributed by atoms with van der Waals surface area (Å²) in [7, 11) is 0. The third kappa shape index (κ3) is 2.46. The first-order valence-electron chi connectivity index (χ1n) is 6.29. The number of ether oxygens (including phenoxy) is 1. The first-order valence-corrected chi connectivity index (χ1v) is 7.08. The molecule has 3 heteroatoms. The standard InChI is InChI=1S/C16H15BrO2/c1-10-2-5-15(17)14(6-10)16(18)11-3-4-12-8-19-9-13(12)7-11/h2-7,16,18H,8-9H2,1H3. The third-order valence-electron chi connectivity index (χ3n) is 3.51. The van der Waals surface area contributed by atoms with Gasteiger partial charge in [-0.3, -0.25) is 0 Å². The maximum Gasteiger partial charge on any atom is 0.105 e. The average Bonchev–Trinajstić information content (AvgIpc) is 2.88. The number of rotatable bonds is 2. The van der Waals surface area contributed by atoms with Crippen molar-refractivity contribution in [3.05, 3.63) is 68.7 Å². The van der Waals surface area contributed by atoms with Gasteiger partial charge in [-0.15, -0.1) is 0 Å². The van der Waals surface area contributed by atoms with Crippen molar-refractivity contribution in [1.82, 2.24) is 0 Å². The molecule has 0 bridgehead atoms. The van der Waals surface area contributed by atoms with Gasteiger partial charge in [0.05, 0.1) is 13.2 Å². The minimum atomic E-state index is -0.611. The lowest BCUT2D eigenvalue weighted by molar-refractivity contribution is 0.134. The number of aryl methyl sites for hydroxylation is 1. The number of aliphatic hydroxyl groups excluding tert-OH is 1. The van der Waals surface area contributed by atoms with Crippen LogP contribution >= 0.6 is 15.9 Å². The van der Waals surface area contributed by atoms with Crippen LogP contribution in [-0.2, 0) is 18.0 Å². The number of halogens is 1. The molecule has 3 rings (SSSR count). The fourth-order valence-electron chi connectivity index (χ4n) is 2.41. The monoisotopic (exact) mass is 318 g/mol. The van der Waals surface area contributed by atoms with Crippen LogP contribution < -0.4 is 0 Å². The average molecular weight is 319 g/mol. The van der Waals surface area contributed by atoms with Gasteiger partial charge in [0.25, 0.3) is 0 Å². The summed E-state index contributed by atoms with van der Waals surface area (Å²) in [5.41, 5.74) is 5.36. The molecule has 0 fully saturated rings. The highest BCUT2D eigenvalue weighted by atomic mass is 79.9. The summed E-state index contributed by atoms with van der Waals surface area (Å²) in [6, 6.07) is 12.1. The summed E-state index contributed by atoms with van der Waals surface area (Å²) in [6.07, 6.45) is -0.611. The van der Waals surface area contributed by atoms with Crippen molar-refractivity contribution < 1.29 is 9.84 Å². The van der Waals surface area contributed by atoms with E-state index in [0.29, 0.717) is 13.2 Å². The maximum absolute atomic E-state index is 10.6. The summed E-state index contributed by atoms with van der Waals surface area (Å²) >= 11 is 3.51. The zero-order chi connectivity index (χ0) is 13.4. The van der Waals surface area contributed by atoms with Crippen LogP contribution in [0.15, 0.2) is 40.9 Å². The molecule has 1 atom stereocenters. The molecule has 2 nitrogen and oxygen atoms in total. The number of hydrogen-bond acceptors (Lipinski definition) is 2. The lowest BCUT2D eigenvalue weighted by Gasteiger charge is -2.15. The van der Waals surface area contributed by atoms with Gasteiger partial charge in [-0.05, 0) is 35.2 Å². The molecule has 19 heavy (non-hydrogen) atoms. The predicted octanol–water partition coefficient (Wildman–Crippen LogP) is 3.87. The fourth-order valence-corrected chi connectivity index (χ4v) is 2.88. The lowest BCUT2D eigenvalue weighted by Crippen LogP contribution is -2.02. The molecule has 0 radical (unpaired) electrons. The van der Waals surface area contributed by atoms with Gasteiger partial charge in [0, 0.05) is 4.47 Å². The molecule has 0 aliphatic carbocycles. The van der Waals surface area contributed by atoms with E-state index in [1.807, 2.05) is 43.3 Å². The Morgan fingerprint density at radius 1 is 1.11 bits per heavy atom. The summed E-state index contributed by atoms with van der Waals surface area (Å²) in [6.45, 7) is 3.35. The SMILES string of the molecule is Cc1ccc(Br)c(C(O)c2ccc3c(c2)COC3)c1. The molecule has 2 aromatic rings. The van der Waals surface area contributed by atoms with E-state index in [1.165, 1.54) is 11.1 Å². The number of hydrogen-bond donors (Lipinski definition) is 1. The third-order valence-corrected chi connectivity index (χ3v) is 4.23. The van der Waals surface area contributed by atoms with Crippen LogP contribution in [0.4, 0.5) is 0 Å². The van der Waals surface area contributed by atoms with E-state index >= 15 is 0 Å². The Kier molecular flexibility index (Phi) is 3.44. The van der Waals surface area contributed by atoms with E-state index in [1.54, 1.807) is 0 Å². The van der Waals surface area contributed by atoms with Gasteiger partial charge in [-0.1, -0.05) is 51.8 Å². The van der Waals surface area contributed by atoms with E-state index < -0.39 is 6.10 Å². The highest BCUT2D eigenvalue weighted by molar-refractivity contribution is 9.10. The van der Waals surface area contributed by atoms with Crippen LogP contribution in [0.5, 0.6) is 0 Å². The first-order chi connectivity index (χ1) is 9.15. The molecule has 98 valence electrons. The highest BCUT2D eigenvalue weighted by Gasteiger charge is 2.17. The molecule has 0 spiro atoms. The van der Waals surface area contributed by atoms with E-state index in [4.69, 9.17) is 4.74 Å². The molecule has 1 unspecified atom stereocenters. The number of benzene rings is 2. The molecule has 1 aliphatic rings. The summed E-state index contributed by atoms with van der Waals surface area (Å²) in [5, 5.41) is 10.6. The van der Waals surface area contributed by atoms with Crippen molar-refractivity contribution in [2.75, 3.05) is 0 Å². The molecular formula is C16H15BrO2. The van der Waals surface area contributed by atoms with E-state index in [0.717, 1.165) is 21.2 Å². The van der Waals surface area contributed by atoms with Crippen LogP contribution in [0.2, 0.25) is 0 Å². The van der Waals surface area contributed by atoms with Crippen molar-refractivity contribution in [3.63, 3.8) is 0 Å². The number of aliphatic hydroxyl groups is 1. The van der Waals surface area contributed by atoms with Gasteiger partial charge in [-0.25, -0.2) is 0 Å². The van der Waals surface area contributed by atoms with Gasteiger partial charge in [-0.2, -0.15) is 0 Å². The fraction of sp³-hybridized carbons (Fsp3) is 0.250. The normalized spacial score (nSPS) is 15.3. The van der Waals surface area contributed by atoms with Crippen molar-refractivity contribution in [3.8, 4) is 0 Å². The van der Waals surface area contributed by atoms with Crippen molar-refractivity contribution in [1.29, 1.82) is 0 Å². The van der Waals surface area contributed by atoms with Crippen molar-refractivity contribution in [2.24, 2.45) is 0 Å². The topological polar surface area (TPSA) is 29.5 Å². The Morgan fingerprint density at radius 3 is 2.74 bits per heavy atom. The summed E-state index contributed by atoms with van der Waals surface area (Å²) in [5.74, 6) is 0. The van der Waals surface area contributed by atoms with Crippen LogP contribution in [0.3, 0.4) is 0 Å². The van der Waals surface area contributed by atoms with Crippen LogP contribution in [0.1, 0.15) is 33.9 Å². The van der Waals surface area contributed by atoms with Gasteiger partial charge in [0.15, 0.2) is 0 Å². The quantitative estimate of drug-likeness (QED) is 0.910. The Hall–Kier alpha value is -1.16. The second-order valence-electron chi connectivity index (χ2n) is 4.95. The van der Waals surface area contributed by atoms with Crippen LogP contribution in [0, 0.1) is 6.92 Å². The van der Waals surface area contributed by atoms with Gasteiger partial charge < -0.3 is 9.84 Å². The molecule has 1 aliphatic heterocycles. The Bertz CT molecular complexity index is 622. The summed E-state index contributed by atoms with van der Waals surface area (Å²) in [4.78, 5) is 0. The van der Waals surface area contributed by atoms with E-state index in [9.17, 15) is 5.11 Å². The zero-order valence-electron chi connectivity index (χ0n) is 10.7. The molecule has 1 heterocycles. The van der Waals surface area contributed by atoms with Crippen LogP contribution in [-0.4, -0.2) is 5.11 Å². The minimum Gasteiger partial charge on any atom is -0.384 e. The Balaban J connectivity index is 1.99. The Morgan fingerprint density at radius 2 is 1.89 bits per heavy atom. The molecule has 2 aromatic carbocycles. The molecule has 0 saturated heterocycles.